The van der Waals surface area contributed by atoms with Crippen molar-refractivity contribution in [3.8, 4) is 0 Å². The van der Waals surface area contributed by atoms with Crippen LogP contribution < -0.4 is 10.5 Å². The topological polar surface area (TPSA) is 98.0 Å². The quantitative estimate of drug-likeness (QED) is 0.810. The number of hydrogen-bond donors (Lipinski definition) is 2. The Morgan fingerprint density at radius 2 is 2.16 bits per heavy atom. The van der Waals surface area contributed by atoms with Crippen LogP contribution in [0.25, 0.3) is 0 Å². The second-order valence-corrected chi connectivity index (χ2v) is 6.82. The van der Waals surface area contributed by atoms with Gasteiger partial charge in [-0.3, -0.25) is 4.72 Å². The van der Waals surface area contributed by atoms with E-state index in [4.69, 9.17) is 5.73 Å². The van der Waals surface area contributed by atoms with E-state index in [2.05, 4.69) is 30.0 Å². The Labute approximate surface area is 121 Å². The van der Waals surface area contributed by atoms with Gasteiger partial charge in [0.25, 0.3) is 10.0 Å². The lowest BCUT2D eigenvalue weighted by molar-refractivity contribution is 0.567. The molecule has 6 nitrogen and oxygen atoms in total. The minimum atomic E-state index is -4.10. The summed E-state index contributed by atoms with van der Waals surface area (Å²) in [5, 5.41) is 0.0652. The van der Waals surface area contributed by atoms with Crippen molar-refractivity contribution < 1.29 is 12.8 Å². The van der Waals surface area contributed by atoms with Crippen molar-refractivity contribution in [2.75, 3.05) is 10.5 Å². The van der Waals surface area contributed by atoms with Crippen LogP contribution in [0.15, 0.2) is 21.5 Å². The van der Waals surface area contributed by atoms with Gasteiger partial charge in [0.05, 0.1) is 4.47 Å². The Kier molecular flexibility index (Phi) is 3.74. The lowest BCUT2D eigenvalue weighted by Crippen LogP contribution is -2.15. The zero-order valence-corrected chi connectivity index (χ0v) is 12.7. The molecule has 0 bridgehead atoms. The number of anilines is 2. The molecule has 3 N–H and O–H groups in total. The van der Waals surface area contributed by atoms with Gasteiger partial charge in [-0.05, 0) is 35.0 Å². The molecule has 0 aliphatic heterocycles. The second-order valence-electron chi connectivity index (χ2n) is 3.57. The van der Waals surface area contributed by atoms with E-state index in [0.29, 0.717) is 5.82 Å². The van der Waals surface area contributed by atoms with Crippen LogP contribution in [0.1, 0.15) is 5.82 Å². The summed E-state index contributed by atoms with van der Waals surface area (Å²) >= 11 is 3.77. The van der Waals surface area contributed by atoms with Crippen molar-refractivity contribution in [2.24, 2.45) is 0 Å². The minimum Gasteiger partial charge on any atom is -0.399 e. The molecular formula is C9H8BrFN4O2S2. The van der Waals surface area contributed by atoms with Gasteiger partial charge >= 0.3 is 0 Å². The van der Waals surface area contributed by atoms with Crippen LogP contribution in [0.2, 0.25) is 0 Å². The fourth-order valence-electron chi connectivity index (χ4n) is 1.29. The number of aryl methyl sites for hydroxylation is 1. The molecule has 0 unspecified atom stereocenters. The average molecular weight is 367 g/mol. The first-order chi connectivity index (χ1) is 8.79. The van der Waals surface area contributed by atoms with E-state index >= 15 is 0 Å². The summed E-state index contributed by atoms with van der Waals surface area (Å²) in [6, 6.07) is 2.32. The molecule has 102 valence electrons. The number of hydrogen-bond acceptors (Lipinski definition) is 6. The first-order valence-corrected chi connectivity index (χ1v) is 7.92. The zero-order valence-electron chi connectivity index (χ0n) is 9.52. The third-order valence-corrected chi connectivity index (χ3v) is 4.82. The van der Waals surface area contributed by atoms with Crippen LogP contribution in [-0.4, -0.2) is 17.8 Å². The summed E-state index contributed by atoms with van der Waals surface area (Å²) in [4.78, 5) is 3.30. The monoisotopic (exact) mass is 366 g/mol. The maximum atomic E-state index is 13.8. The van der Waals surface area contributed by atoms with Gasteiger partial charge in [-0.25, -0.2) is 17.8 Å². The van der Waals surface area contributed by atoms with Gasteiger partial charge in [0.1, 0.15) is 10.7 Å². The van der Waals surface area contributed by atoms with E-state index < -0.39 is 20.7 Å². The SMILES string of the molecule is Cc1nsc(NS(=O)(=O)c2cc(N)cc(Br)c2F)n1. The standard InChI is InChI=1S/C9H8BrFN4O2S2/c1-4-13-9(18-14-4)15-19(16,17)7-3-5(12)2-6(10)8(7)11/h2-3H,12H2,1H3,(H,13,14,15). The molecule has 1 aromatic carbocycles. The van der Waals surface area contributed by atoms with E-state index in [1.54, 1.807) is 6.92 Å². The van der Waals surface area contributed by atoms with Crippen LogP contribution in [0.5, 0.6) is 0 Å². The van der Waals surface area contributed by atoms with Crippen LogP contribution in [-0.2, 0) is 10.0 Å². The predicted octanol–water partition coefficient (Wildman–Crippen LogP) is 2.13. The van der Waals surface area contributed by atoms with E-state index in [1.165, 1.54) is 6.07 Å². The molecule has 0 radical (unpaired) electrons. The van der Waals surface area contributed by atoms with E-state index in [9.17, 15) is 12.8 Å². The molecule has 2 aromatic rings. The molecule has 0 saturated carbocycles. The highest BCUT2D eigenvalue weighted by atomic mass is 79.9. The predicted molar refractivity (Wildman–Crippen MR) is 74.0 cm³/mol. The normalized spacial score (nSPS) is 11.5. The van der Waals surface area contributed by atoms with Gasteiger partial charge in [-0.1, -0.05) is 0 Å². The fourth-order valence-corrected chi connectivity index (χ4v) is 3.83. The van der Waals surface area contributed by atoms with Crippen molar-refractivity contribution in [3.63, 3.8) is 0 Å². The lowest BCUT2D eigenvalue weighted by atomic mass is 10.3. The molecular weight excluding hydrogens is 359 g/mol. The van der Waals surface area contributed by atoms with Crippen molar-refractivity contribution in [1.29, 1.82) is 0 Å². The molecule has 2 rings (SSSR count). The number of nitrogen functional groups attached to an aromatic ring is 1. The molecule has 0 atom stereocenters. The van der Waals surface area contributed by atoms with Gasteiger partial charge in [-0.2, -0.15) is 4.37 Å². The van der Waals surface area contributed by atoms with Crippen molar-refractivity contribution in [3.05, 3.63) is 28.2 Å². The highest BCUT2D eigenvalue weighted by Crippen LogP contribution is 2.27. The molecule has 0 fully saturated rings. The Hall–Kier alpha value is -1.26. The largest absolute Gasteiger partial charge is 0.399 e. The molecule has 19 heavy (non-hydrogen) atoms. The zero-order chi connectivity index (χ0) is 14.2. The van der Waals surface area contributed by atoms with E-state index in [0.717, 1.165) is 17.6 Å². The molecule has 0 saturated heterocycles. The van der Waals surface area contributed by atoms with Crippen molar-refractivity contribution in [2.45, 2.75) is 11.8 Å². The number of sulfonamides is 1. The highest BCUT2D eigenvalue weighted by molar-refractivity contribution is 9.10. The summed E-state index contributed by atoms with van der Waals surface area (Å²) < 4.78 is 43.9. The molecule has 1 heterocycles. The summed E-state index contributed by atoms with van der Waals surface area (Å²) in [5.41, 5.74) is 5.64. The number of rotatable bonds is 3. The molecule has 1 aromatic heterocycles. The highest BCUT2D eigenvalue weighted by Gasteiger charge is 2.23. The summed E-state index contributed by atoms with van der Waals surface area (Å²) in [6.07, 6.45) is 0. The number of nitrogens with one attached hydrogen (secondary N) is 1. The van der Waals surface area contributed by atoms with E-state index in [-0.39, 0.29) is 15.3 Å². The van der Waals surface area contributed by atoms with Gasteiger partial charge in [0.2, 0.25) is 5.13 Å². The Morgan fingerprint density at radius 3 is 2.74 bits per heavy atom. The smallest absolute Gasteiger partial charge is 0.266 e. The number of benzene rings is 1. The van der Waals surface area contributed by atoms with Crippen molar-refractivity contribution in [1.82, 2.24) is 9.36 Å². The van der Waals surface area contributed by atoms with Gasteiger partial charge in [-0.15, -0.1) is 0 Å². The molecule has 0 amide bonds. The first kappa shape index (κ1) is 14.2. The van der Waals surface area contributed by atoms with Crippen LogP contribution in [0, 0.1) is 12.7 Å². The van der Waals surface area contributed by atoms with Gasteiger partial charge in [0, 0.05) is 17.2 Å². The minimum absolute atomic E-state index is 0.0266. The van der Waals surface area contributed by atoms with E-state index in [1.807, 2.05) is 0 Å². The molecule has 10 heteroatoms. The van der Waals surface area contributed by atoms with Crippen LogP contribution in [0.4, 0.5) is 15.2 Å². The number of halogens is 2. The van der Waals surface area contributed by atoms with Gasteiger partial charge < -0.3 is 5.73 Å². The Morgan fingerprint density at radius 1 is 1.47 bits per heavy atom. The number of nitrogens with two attached hydrogens (primary N) is 1. The maximum absolute atomic E-state index is 13.8. The maximum Gasteiger partial charge on any atom is 0.266 e. The number of aromatic nitrogens is 2. The first-order valence-electron chi connectivity index (χ1n) is 4.87. The third kappa shape index (κ3) is 3.01. The van der Waals surface area contributed by atoms with Crippen molar-refractivity contribution >= 4 is 48.3 Å². The van der Waals surface area contributed by atoms with Crippen LogP contribution in [0.3, 0.4) is 0 Å². The third-order valence-electron chi connectivity index (χ3n) is 2.06. The summed E-state index contributed by atoms with van der Waals surface area (Å²) in [6.45, 7) is 1.62. The summed E-state index contributed by atoms with van der Waals surface area (Å²) in [5.74, 6) is -0.486. The molecule has 0 spiro atoms. The fraction of sp³-hybridized carbons (Fsp3) is 0.111. The average Bonchev–Trinajstić information content (AvgIpc) is 2.68. The number of nitrogens with zero attached hydrogens (tertiary/aromatic N) is 2. The summed E-state index contributed by atoms with van der Waals surface area (Å²) in [7, 11) is -4.10. The lowest BCUT2D eigenvalue weighted by Gasteiger charge is -2.08. The van der Waals surface area contributed by atoms with Crippen LogP contribution >= 0.6 is 27.5 Å². The molecule has 0 aliphatic carbocycles. The van der Waals surface area contributed by atoms with Gasteiger partial charge in [0.15, 0.2) is 5.82 Å². The second kappa shape index (κ2) is 5.02. The molecule has 0 aliphatic rings. The Bertz CT molecular complexity index is 732. The Balaban J connectivity index is 2.45.